The third-order valence-corrected chi connectivity index (χ3v) is 17.4. The Balaban J connectivity index is 0.000000917. The van der Waals surface area contributed by atoms with E-state index in [2.05, 4.69) is 40.9 Å². The number of aryl methyl sites for hydroxylation is 1. The van der Waals surface area contributed by atoms with Crippen LogP contribution in [0.1, 0.15) is 212 Å². The number of amidine groups is 1. The zero-order valence-corrected chi connectivity index (χ0v) is 78.4. The largest absolute Gasteiger partial charge is 0.443 e. The van der Waals surface area contributed by atoms with Gasteiger partial charge >= 0.3 is 59.7 Å². The molecule has 1 aliphatic heterocycles. The zero-order valence-electron chi connectivity index (χ0n) is 78.4. The van der Waals surface area contributed by atoms with Gasteiger partial charge in [0.05, 0.1) is 89.6 Å². The van der Waals surface area contributed by atoms with Crippen molar-refractivity contribution in [2.24, 2.45) is 10.7 Å². The molecule has 0 fully saturated rings. The van der Waals surface area contributed by atoms with Gasteiger partial charge in [0.2, 0.25) is 0 Å². The number of nitriles is 2. The third-order valence-electron chi connectivity index (χ3n) is 17.4. The van der Waals surface area contributed by atoms with E-state index in [1.807, 2.05) is 31.2 Å². The molecule has 14 rings (SSSR count). The number of rotatable bonds is 11. The molecule has 0 radical (unpaired) electrons. The molecule has 47 heteroatoms. The van der Waals surface area contributed by atoms with Crippen LogP contribution in [0.4, 0.5) is 91.2 Å². The fourth-order valence-electron chi connectivity index (χ4n) is 12.0. The van der Waals surface area contributed by atoms with Gasteiger partial charge in [-0.1, -0.05) is 120 Å². The molecule has 0 aliphatic carbocycles. The Morgan fingerprint density at radius 3 is 1.12 bits per heavy atom. The number of aliphatic imine (C=N–C) groups is 1. The van der Waals surface area contributed by atoms with Gasteiger partial charge in [0.15, 0.2) is 11.6 Å². The molecule has 790 valence electrons. The fraction of sp³-hybridized carbons (Fsp3) is 0.340. The topological polar surface area (TPSA) is 551 Å². The third kappa shape index (κ3) is 34.2. The number of nitrogens with zero attached hydrogens (tertiary/aromatic N) is 20. The number of nitro groups is 3. The second-order valence-corrected chi connectivity index (χ2v) is 35.6. The summed E-state index contributed by atoms with van der Waals surface area (Å²) in [4.78, 5) is 128. The molecular formula is C100H127F4N23O20. The van der Waals surface area contributed by atoms with Crippen molar-refractivity contribution >= 4 is 110 Å². The number of benzene rings is 7. The van der Waals surface area contributed by atoms with Gasteiger partial charge in [-0.05, 0) is 222 Å². The Kier molecular flexibility index (Phi) is 45.2. The van der Waals surface area contributed by atoms with E-state index in [4.69, 9.17) is 55.1 Å². The highest BCUT2D eigenvalue weighted by atomic mass is 19.1. The number of nitrogens with one attached hydrogen (secondary N) is 1. The second kappa shape index (κ2) is 52.3. The molecule has 0 spiro atoms. The lowest BCUT2D eigenvalue weighted by Crippen LogP contribution is -2.44. The second-order valence-electron chi connectivity index (χ2n) is 35.6. The van der Waals surface area contributed by atoms with E-state index in [9.17, 15) is 81.5 Å². The lowest BCUT2D eigenvalue weighted by Gasteiger charge is -2.27. The van der Waals surface area contributed by atoms with E-state index in [0.29, 0.717) is 45.0 Å². The van der Waals surface area contributed by atoms with Crippen molar-refractivity contribution in [3.05, 3.63) is 271 Å². The smallest absolute Gasteiger partial charge is 0.435 e. The van der Waals surface area contributed by atoms with Gasteiger partial charge in [-0.3, -0.25) is 40.7 Å². The van der Waals surface area contributed by atoms with Gasteiger partial charge in [-0.15, -0.1) is 10.2 Å². The Bertz CT molecular complexity index is 6870. The van der Waals surface area contributed by atoms with Crippen molar-refractivity contribution in [1.82, 2.24) is 58.7 Å². The average molecular weight is 2050 g/mol. The number of anilines is 4. The summed E-state index contributed by atoms with van der Waals surface area (Å²) < 4.78 is 96.5. The summed E-state index contributed by atoms with van der Waals surface area (Å²) >= 11 is 0. The van der Waals surface area contributed by atoms with E-state index in [0.717, 1.165) is 73.7 Å². The molecule has 7 heterocycles. The monoisotopic (exact) mass is 2050 g/mol. The number of nitrogen functional groups attached to an aromatic ring is 1. The van der Waals surface area contributed by atoms with E-state index in [-0.39, 0.29) is 133 Å². The summed E-state index contributed by atoms with van der Waals surface area (Å²) in [6.07, 6.45) is 3.18. The summed E-state index contributed by atoms with van der Waals surface area (Å²) in [5.41, 5.74) is 9.76. The van der Waals surface area contributed by atoms with Crippen LogP contribution in [-0.2, 0) is 35.0 Å². The lowest BCUT2D eigenvalue weighted by molar-refractivity contribution is -0.385. The molecule has 1 aliphatic rings. The number of aromatic nitrogens is 12. The molecule has 0 saturated heterocycles. The standard InChI is InChI=1S/C25H32N6O8.C25H34N6O6.C14H12FNO2.C11H9N5O2.C10H5FN4O2.C7H3F2N.8CH4/c1-23(2,3)37-20(32)29(21(33)38-24(4,5)6)19-18-16(28-14-15(13-26-28)31(35)36)11-10-12-17(18)30(27-19)22(34)39-25(7,8)9;1-23(2,3)35-20(32)30(21(33)36-24(4,5)6)19-18-16(29-14-15(26)13-27-29)11-10-12-17(18)31(28-19)22(34)37-25(7,8)9;1-10-7-8-12(15)13(9-10)16-14(17)18-11-5-3-2-4-6-11;12-11-10-7(4-13-11)2-1-3-9(10)15-6-8(5-14-15)16(17)18;11-9-2-1-3-10(8(9)4-12)14-6-7(5-13-14)15(16)17;8-6-2-1-3-7(9)5(6)4-10;;;;;;;;/h10-14H,1-9H3;10-14H,26H2,1-9H3;2-9H,1H3,(H,16,17);1-3,5-6H,4H2,(H2,12,13);1-3,5-6H;1-3H;8*1H4. The molecule has 147 heavy (non-hydrogen) atoms. The van der Waals surface area contributed by atoms with E-state index in [1.165, 1.54) is 75.1 Å². The van der Waals surface area contributed by atoms with E-state index >= 15 is 0 Å². The fourth-order valence-corrected chi connectivity index (χ4v) is 12.0. The molecule has 7 aromatic carbocycles. The average Bonchev–Trinajstić information content (AvgIpc) is 1.59. The number of ether oxygens (including phenoxy) is 7. The summed E-state index contributed by atoms with van der Waals surface area (Å²) in [6.45, 7) is 32.1. The first kappa shape index (κ1) is 127. The molecule has 0 saturated carbocycles. The Morgan fingerprint density at radius 1 is 0.422 bits per heavy atom. The zero-order chi connectivity index (χ0) is 103. The quantitative estimate of drug-likeness (QED) is 0.0468. The van der Waals surface area contributed by atoms with Crippen LogP contribution in [0.2, 0.25) is 0 Å². The highest BCUT2D eigenvalue weighted by molar-refractivity contribution is 6.17. The summed E-state index contributed by atoms with van der Waals surface area (Å²) in [7, 11) is 0. The van der Waals surface area contributed by atoms with Gasteiger partial charge in [-0.2, -0.15) is 50.1 Å². The van der Waals surface area contributed by atoms with Crippen molar-refractivity contribution in [1.29, 1.82) is 10.5 Å². The number of fused-ring (bicyclic) bond motifs is 3. The van der Waals surface area contributed by atoms with E-state index < -0.39 is 120 Å². The Labute approximate surface area is 848 Å². The van der Waals surface area contributed by atoms with Crippen LogP contribution in [0.25, 0.3) is 44.6 Å². The van der Waals surface area contributed by atoms with Gasteiger partial charge in [0.25, 0.3) is 0 Å². The number of hydrogen-bond acceptors (Lipinski definition) is 31. The molecule has 0 atom stereocenters. The van der Waals surface area contributed by atoms with Crippen LogP contribution < -0.4 is 31.3 Å². The molecule has 5 amide bonds. The van der Waals surface area contributed by atoms with Crippen LogP contribution in [0.3, 0.4) is 0 Å². The number of amides is 5. The van der Waals surface area contributed by atoms with Crippen molar-refractivity contribution in [2.45, 2.75) is 231 Å². The summed E-state index contributed by atoms with van der Waals surface area (Å²) in [5.74, 6) is -2.50. The van der Waals surface area contributed by atoms with Gasteiger partial charge in [0.1, 0.15) is 129 Å². The minimum atomic E-state index is -1.12. The number of carbonyl (C=O) groups is 7. The predicted molar refractivity (Wildman–Crippen MR) is 550 cm³/mol. The van der Waals surface area contributed by atoms with Crippen molar-refractivity contribution in [3.63, 3.8) is 0 Å². The van der Waals surface area contributed by atoms with Gasteiger partial charge < -0.3 is 44.6 Å². The summed E-state index contributed by atoms with van der Waals surface area (Å²) in [6, 6.07) is 38.6. The highest BCUT2D eigenvalue weighted by Gasteiger charge is 2.41. The number of imide groups is 2. The first-order valence-corrected chi connectivity index (χ1v) is 41.5. The molecular weight excluding hydrogens is 1920 g/mol. The maximum absolute atomic E-state index is 13.4. The predicted octanol–water partition coefficient (Wildman–Crippen LogP) is 24.3. The normalized spacial score (nSPS) is 10.9. The van der Waals surface area contributed by atoms with Crippen molar-refractivity contribution < 1.29 is 99.1 Å². The Morgan fingerprint density at radius 2 is 0.762 bits per heavy atom. The molecule has 13 aromatic rings. The summed E-state index contributed by atoms with van der Waals surface area (Å²) in [5, 5.41) is 76.8. The highest BCUT2D eigenvalue weighted by Crippen LogP contribution is 2.38. The number of nitrogens with two attached hydrogens (primary N) is 2. The molecule has 0 bridgehead atoms. The number of para-hydroxylation sites is 1. The van der Waals surface area contributed by atoms with Crippen molar-refractivity contribution in [2.75, 3.05) is 20.9 Å². The van der Waals surface area contributed by atoms with Crippen LogP contribution in [0.5, 0.6) is 5.75 Å². The number of carbonyl (C=O) groups excluding carboxylic acids is 7. The van der Waals surface area contributed by atoms with Crippen LogP contribution in [0.15, 0.2) is 194 Å². The van der Waals surface area contributed by atoms with E-state index in [1.54, 1.807) is 198 Å². The Hall–Kier alpha value is -17.8. The number of halogens is 4. The lowest BCUT2D eigenvalue weighted by atomic mass is 10.1. The van der Waals surface area contributed by atoms with Gasteiger partial charge in [-0.25, -0.2) is 69.9 Å². The maximum atomic E-state index is 13.4. The molecule has 43 nitrogen and oxygen atoms in total. The van der Waals surface area contributed by atoms with Crippen LogP contribution >= 0.6 is 0 Å². The van der Waals surface area contributed by atoms with Crippen LogP contribution in [0, 0.1) is 83.2 Å². The molecule has 6 aromatic heterocycles. The van der Waals surface area contributed by atoms with Crippen molar-refractivity contribution in [3.8, 4) is 40.6 Å². The first-order valence-electron chi connectivity index (χ1n) is 41.5. The first-order chi connectivity index (χ1) is 64.8. The molecule has 5 N–H and O–H groups in total. The SMILES string of the molecule is C.C.C.C.C.C.C.C.CC(C)(C)OC(=O)N(C(=O)OC(C)(C)C)c1nn(C(=O)OC(C)(C)C)c2cccc(-n3cc(N)cn3)c12.CC(C)(C)OC(=O)N(C(=O)OC(C)(C)C)c1nn(C(=O)OC(C)(C)C)c2cccc(-n3cc([N+](=O)[O-])cn3)c12.Cc1ccc(F)c(NC(=O)Oc2ccccc2)c1.N#Cc1c(F)cccc1-n1cc([N+](=O)[O-])cn1.N#Cc1c(F)cccc1F.NC1=NCc2cccc(-n3cc([N+](=O)[O-])cn3)c21. The van der Waals surface area contributed by atoms with Gasteiger partial charge in [0, 0.05) is 5.56 Å². The molecule has 0 unspecified atom stereocenters. The minimum Gasteiger partial charge on any atom is -0.443 e. The number of hydrogen-bond donors (Lipinski definition) is 3. The maximum Gasteiger partial charge on any atom is 0.435 e. The van der Waals surface area contributed by atoms with Crippen LogP contribution in [-0.4, -0.2) is 156 Å². The minimum absolute atomic E-state index is 0.